The van der Waals surface area contributed by atoms with Crippen molar-refractivity contribution in [3.05, 3.63) is 18.2 Å². The van der Waals surface area contributed by atoms with E-state index in [0.717, 1.165) is 0 Å². The van der Waals surface area contributed by atoms with Gasteiger partial charge in [-0.05, 0) is 25.1 Å². The summed E-state index contributed by atoms with van der Waals surface area (Å²) >= 11 is 0. The lowest BCUT2D eigenvalue weighted by Gasteiger charge is -2.35. The van der Waals surface area contributed by atoms with Crippen molar-refractivity contribution < 1.29 is 31.5 Å². The van der Waals surface area contributed by atoms with Gasteiger partial charge in [-0.1, -0.05) is 6.92 Å². The maximum atomic E-state index is 13.0. The summed E-state index contributed by atoms with van der Waals surface area (Å²) in [6, 6.07) is 4.37. The topological polar surface area (TPSA) is 79.4 Å². The Bertz CT molecular complexity index is 814. The zero-order chi connectivity index (χ0) is 22.3. The lowest BCUT2D eigenvalue weighted by atomic mass is 10.3. The van der Waals surface area contributed by atoms with E-state index >= 15 is 0 Å². The van der Waals surface area contributed by atoms with E-state index in [9.17, 15) is 22.0 Å². The first kappa shape index (κ1) is 24.3. The number of hydrogen-bond acceptors (Lipinski definition) is 6. The molecule has 1 amide bonds. The summed E-state index contributed by atoms with van der Waals surface area (Å²) in [6.07, 6.45) is -1.84. The second kappa shape index (κ2) is 10.9. The lowest BCUT2D eigenvalue weighted by Crippen LogP contribution is -2.52. The number of carbonyl (C=O) groups excluding carboxylic acids is 1. The fraction of sp³-hybridized carbons (Fsp3) is 0.632. The second-order valence-electron chi connectivity index (χ2n) is 6.93. The third-order valence-corrected chi connectivity index (χ3v) is 6.77. The first-order valence-corrected chi connectivity index (χ1v) is 11.2. The monoisotopic (exact) mass is 449 g/mol. The Morgan fingerprint density at radius 1 is 1.13 bits per heavy atom. The van der Waals surface area contributed by atoms with Crippen molar-refractivity contribution in [2.75, 3.05) is 60.0 Å². The number of ether oxygens (including phenoxy) is 2. The summed E-state index contributed by atoms with van der Waals surface area (Å²) in [4.78, 5) is 15.5. The number of nitrogens with zero attached hydrogens (tertiary/aromatic N) is 3. The van der Waals surface area contributed by atoms with Gasteiger partial charge in [-0.25, -0.2) is 17.2 Å². The molecule has 1 saturated heterocycles. The number of sulfonamides is 1. The van der Waals surface area contributed by atoms with Crippen molar-refractivity contribution in [1.29, 1.82) is 0 Å². The number of rotatable bonds is 10. The van der Waals surface area contributed by atoms with Gasteiger partial charge in [0.15, 0.2) is 11.5 Å². The average molecular weight is 450 g/mol. The van der Waals surface area contributed by atoms with Gasteiger partial charge in [-0.2, -0.15) is 4.31 Å². The molecule has 0 aliphatic carbocycles. The van der Waals surface area contributed by atoms with Crippen LogP contribution in [0.25, 0.3) is 0 Å². The SMILES string of the molecule is CCCN(CC(=O)N1CCN(S(=O)(=O)c2ccc(OC)c(OC)c2)CC1)CC(F)F. The van der Waals surface area contributed by atoms with Crippen LogP contribution in [-0.4, -0.2) is 94.9 Å². The first-order valence-electron chi connectivity index (χ1n) is 9.73. The molecular weight excluding hydrogens is 420 g/mol. The number of carbonyl (C=O) groups is 1. The summed E-state index contributed by atoms with van der Waals surface area (Å²) in [5.41, 5.74) is 0. The van der Waals surface area contributed by atoms with E-state index in [1.54, 1.807) is 0 Å². The van der Waals surface area contributed by atoms with Gasteiger partial charge in [0, 0.05) is 32.2 Å². The van der Waals surface area contributed by atoms with Gasteiger partial charge in [0.1, 0.15) is 0 Å². The molecule has 30 heavy (non-hydrogen) atoms. The van der Waals surface area contributed by atoms with Crippen LogP contribution in [0.2, 0.25) is 0 Å². The Morgan fingerprint density at radius 2 is 1.77 bits per heavy atom. The molecule has 0 radical (unpaired) electrons. The van der Waals surface area contributed by atoms with Gasteiger partial charge in [0.05, 0.1) is 32.2 Å². The van der Waals surface area contributed by atoms with Crippen LogP contribution in [0.4, 0.5) is 8.78 Å². The van der Waals surface area contributed by atoms with E-state index < -0.39 is 23.0 Å². The van der Waals surface area contributed by atoms with Gasteiger partial charge in [-0.15, -0.1) is 0 Å². The number of methoxy groups -OCH3 is 2. The summed E-state index contributed by atoms with van der Waals surface area (Å²) in [7, 11) is -0.877. The minimum Gasteiger partial charge on any atom is -0.493 e. The second-order valence-corrected chi connectivity index (χ2v) is 8.87. The average Bonchev–Trinajstić information content (AvgIpc) is 2.72. The highest BCUT2D eigenvalue weighted by molar-refractivity contribution is 7.89. The molecule has 170 valence electrons. The molecule has 1 heterocycles. The summed E-state index contributed by atoms with van der Waals surface area (Å²) in [5, 5.41) is 0. The molecule has 0 saturated carbocycles. The molecule has 1 aliphatic heterocycles. The van der Waals surface area contributed by atoms with Crippen LogP contribution in [0.5, 0.6) is 11.5 Å². The molecule has 0 aromatic heterocycles. The van der Waals surface area contributed by atoms with E-state index in [0.29, 0.717) is 24.5 Å². The minimum absolute atomic E-state index is 0.0750. The van der Waals surface area contributed by atoms with Crippen molar-refractivity contribution >= 4 is 15.9 Å². The molecule has 0 bridgehead atoms. The zero-order valence-electron chi connectivity index (χ0n) is 17.5. The van der Waals surface area contributed by atoms with Crippen LogP contribution in [0.3, 0.4) is 0 Å². The number of amides is 1. The molecule has 0 N–H and O–H groups in total. The van der Waals surface area contributed by atoms with Crippen molar-refractivity contribution in [2.45, 2.75) is 24.7 Å². The number of halogens is 2. The predicted molar refractivity (Wildman–Crippen MR) is 108 cm³/mol. The largest absolute Gasteiger partial charge is 0.493 e. The van der Waals surface area contributed by atoms with Crippen molar-refractivity contribution in [1.82, 2.24) is 14.1 Å². The molecular formula is C19H29F2N3O5S. The molecule has 1 aromatic rings. The summed E-state index contributed by atoms with van der Waals surface area (Å²) in [6.45, 7) is 2.40. The smallest absolute Gasteiger partial charge is 0.251 e. The number of benzene rings is 1. The Hall–Kier alpha value is -1.98. The minimum atomic E-state index is -3.77. The molecule has 0 atom stereocenters. The standard InChI is InChI=1S/C19H29F2N3O5S/c1-4-7-22(13-18(20)21)14-19(25)23-8-10-24(11-9-23)30(26,27)15-5-6-16(28-2)17(12-15)29-3/h5-6,12,18H,4,7-11,13-14H2,1-3H3. The zero-order valence-corrected chi connectivity index (χ0v) is 18.3. The number of alkyl halides is 2. The van der Waals surface area contributed by atoms with E-state index in [1.165, 1.54) is 46.5 Å². The molecule has 0 spiro atoms. The van der Waals surface area contributed by atoms with Gasteiger partial charge in [0.25, 0.3) is 6.43 Å². The van der Waals surface area contributed by atoms with E-state index in [-0.39, 0.29) is 43.5 Å². The summed E-state index contributed by atoms with van der Waals surface area (Å²) in [5.74, 6) is 0.460. The van der Waals surface area contributed by atoms with Crippen LogP contribution in [0, 0.1) is 0 Å². The highest BCUT2D eigenvalue weighted by atomic mass is 32.2. The van der Waals surface area contributed by atoms with Crippen LogP contribution >= 0.6 is 0 Å². The van der Waals surface area contributed by atoms with Gasteiger partial charge in [-0.3, -0.25) is 9.69 Å². The van der Waals surface area contributed by atoms with Crippen molar-refractivity contribution in [3.8, 4) is 11.5 Å². The molecule has 2 rings (SSSR count). The highest BCUT2D eigenvalue weighted by Crippen LogP contribution is 2.30. The molecule has 1 aromatic carbocycles. The fourth-order valence-corrected chi connectivity index (χ4v) is 4.78. The van der Waals surface area contributed by atoms with Crippen molar-refractivity contribution in [3.63, 3.8) is 0 Å². The Kier molecular flexibility index (Phi) is 8.80. The van der Waals surface area contributed by atoms with Gasteiger partial charge < -0.3 is 14.4 Å². The Morgan fingerprint density at radius 3 is 2.30 bits per heavy atom. The molecule has 1 fully saturated rings. The predicted octanol–water partition coefficient (Wildman–Crippen LogP) is 1.51. The Labute approximate surface area is 176 Å². The van der Waals surface area contributed by atoms with E-state index in [4.69, 9.17) is 9.47 Å². The summed E-state index contributed by atoms with van der Waals surface area (Å²) < 4.78 is 62.9. The number of piperazine rings is 1. The van der Waals surface area contributed by atoms with Crippen LogP contribution in [0.15, 0.2) is 23.1 Å². The fourth-order valence-electron chi connectivity index (χ4n) is 3.34. The maximum Gasteiger partial charge on any atom is 0.251 e. The maximum absolute atomic E-state index is 13.0. The third kappa shape index (κ3) is 6.02. The first-order chi connectivity index (χ1) is 14.2. The van der Waals surface area contributed by atoms with E-state index in [2.05, 4.69) is 0 Å². The molecule has 0 unspecified atom stereocenters. The van der Waals surface area contributed by atoms with Crippen LogP contribution in [0.1, 0.15) is 13.3 Å². The Balaban J connectivity index is 2.01. The van der Waals surface area contributed by atoms with Gasteiger partial charge in [0.2, 0.25) is 15.9 Å². The highest BCUT2D eigenvalue weighted by Gasteiger charge is 2.31. The van der Waals surface area contributed by atoms with Crippen LogP contribution < -0.4 is 9.47 Å². The third-order valence-electron chi connectivity index (χ3n) is 4.88. The normalized spacial score (nSPS) is 15.6. The quantitative estimate of drug-likeness (QED) is 0.539. The van der Waals surface area contributed by atoms with Gasteiger partial charge >= 0.3 is 0 Å². The lowest BCUT2D eigenvalue weighted by molar-refractivity contribution is -0.134. The van der Waals surface area contributed by atoms with Crippen LogP contribution in [-0.2, 0) is 14.8 Å². The molecule has 11 heteroatoms. The molecule has 1 aliphatic rings. The van der Waals surface area contributed by atoms with Crippen molar-refractivity contribution in [2.24, 2.45) is 0 Å². The van der Waals surface area contributed by atoms with E-state index in [1.807, 2.05) is 6.92 Å². The molecule has 8 nitrogen and oxygen atoms in total. The number of hydrogen-bond donors (Lipinski definition) is 0.